The molecule has 0 bridgehead atoms. The van der Waals surface area contributed by atoms with Gasteiger partial charge in [-0.2, -0.15) is 0 Å². The van der Waals surface area contributed by atoms with E-state index in [9.17, 15) is 4.79 Å². The van der Waals surface area contributed by atoms with E-state index >= 15 is 0 Å². The third kappa shape index (κ3) is 2.94. The van der Waals surface area contributed by atoms with Crippen LogP contribution in [0.3, 0.4) is 0 Å². The van der Waals surface area contributed by atoms with Crippen LogP contribution in [0.25, 0.3) is 0 Å². The van der Waals surface area contributed by atoms with E-state index < -0.39 is 5.97 Å². The first-order valence-corrected chi connectivity index (χ1v) is 5.70. The highest BCUT2D eigenvalue weighted by atomic mass is 16.5. The van der Waals surface area contributed by atoms with E-state index in [1.165, 1.54) is 6.07 Å². The molecule has 2 heterocycles. The number of ether oxygens (including phenoxy) is 1. The second-order valence-corrected chi connectivity index (χ2v) is 4.20. The van der Waals surface area contributed by atoms with Crippen LogP contribution < -0.4 is 4.90 Å². The van der Waals surface area contributed by atoms with Crippen molar-refractivity contribution in [2.45, 2.75) is 18.9 Å². The van der Waals surface area contributed by atoms with E-state index in [1.807, 2.05) is 11.9 Å². The van der Waals surface area contributed by atoms with Gasteiger partial charge in [-0.25, -0.2) is 9.78 Å². The predicted octanol–water partition coefficient (Wildman–Crippen LogP) is 1.40. The van der Waals surface area contributed by atoms with Gasteiger partial charge >= 0.3 is 5.97 Å². The Labute approximate surface area is 100 Å². The van der Waals surface area contributed by atoms with Crippen molar-refractivity contribution in [3.8, 4) is 0 Å². The van der Waals surface area contributed by atoms with Crippen molar-refractivity contribution >= 4 is 11.8 Å². The monoisotopic (exact) mass is 236 g/mol. The Hall–Kier alpha value is -1.62. The van der Waals surface area contributed by atoms with Crippen LogP contribution in [-0.4, -0.2) is 42.4 Å². The fourth-order valence-electron chi connectivity index (χ4n) is 1.94. The molecule has 17 heavy (non-hydrogen) atoms. The number of rotatable bonds is 4. The van der Waals surface area contributed by atoms with Crippen molar-refractivity contribution < 1.29 is 14.6 Å². The zero-order chi connectivity index (χ0) is 12.3. The summed E-state index contributed by atoms with van der Waals surface area (Å²) in [5.74, 6) is -0.335. The van der Waals surface area contributed by atoms with Crippen molar-refractivity contribution in [3.63, 3.8) is 0 Å². The van der Waals surface area contributed by atoms with Gasteiger partial charge in [-0.15, -0.1) is 0 Å². The standard InChI is InChI=1S/C12H16N2O3/c1-14(8-9-4-3-7-17-9)11-6-2-5-10(13-11)12(15)16/h2,5-6,9H,3-4,7-8H2,1H3,(H,15,16). The fraction of sp³-hybridized carbons (Fsp3) is 0.500. The zero-order valence-electron chi connectivity index (χ0n) is 9.80. The van der Waals surface area contributed by atoms with Gasteiger partial charge in [0.2, 0.25) is 0 Å². The van der Waals surface area contributed by atoms with E-state index in [-0.39, 0.29) is 11.8 Å². The number of nitrogens with zero attached hydrogens (tertiary/aromatic N) is 2. The Bertz CT molecular complexity index is 402. The van der Waals surface area contributed by atoms with Crippen LogP contribution in [0.1, 0.15) is 23.3 Å². The number of hydrogen-bond donors (Lipinski definition) is 1. The van der Waals surface area contributed by atoms with Gasteiger partial charge in [0.1, 0.15) is 5.82 Å². The lowest BCUT2D eigenvalue weighted by Crippen LogP contribution is -2.29. The lowest BCUT2D eigenvalue weighted by molar-refractivity contribution is 0.0690. The molecule has 0 aromatic carbocycles. The van der Waals surface area contributed by atoms with Gasteiger partial charge in [0.05, 0.1) is 6.10 Å². The van der Waals surface area contributed by atoms with Crippen LogP contribution in [0, 0.1) is 0 Å². The number of anilines is 1. The Balaban J connectivity index is 2.04. The van der Waals surface area contributed by atoms with Crippen LogP contribution in [-0.2, 0) is 4.74 Å². The molecule has 0 aliphatic carbocycles. The summed E-state index contributed by atoms with van der Waals surface area (Å²) in [5, 5.41) is 8.87. The SMILES string of the molecule is CN(CC1CCCO1)c1cccc(C(=O)O)n1. The number of carbonyl (C=O) groups is 1. The summed E-state index contributed by atoms with van der Waals surface area (Å²) in [5.41, 5.74) is 0.0710. The molecule has 1 N–H and O–H groups in total. The molecule has 1 unspecified atom stereocenters. The third-order valence-corrected chi connectivity index (χ3v) is 2.85. The van der Waals surface area contributed by atoms with Gasteiger partial charge in [-0.3, -0.25) is 0 Å². The Morgan fingerprint density at radius 3 is 3.12 bits per heavy atom. The van der Waals surface area contributed by atoms with E-state index in [2.05, 4.69) is 4.98 Å². The first-order chi connectivity index (χ1) is 8.16. The van der Waals surface area contributed by atoms with Gasteiger partial charge in [0.25, 0.3) is 0 Å². The van der Waals surface area contributed by atoms with E-state index in [1.54, 1.807) is 12.1 Å². The summed E-state index contributed by atoms with van der Waals surface area (Å²) < 4.78 is 5.54. The second-order valence-electron chi connectivity index (χ2n) is 4.20. The molecule has 1 atom stereocenters. The van der Waals surface area contributed by atoms with E-state index in [4.69, 9.17) is 9.84 Å². The molecule has 2 rings (SSSR count). The summed E-state index contributed by atoms with van der Waals surface area (Å²) in [6, 6.07) is 5.00. The van der Waals surface area contributed by atoms with Gasteiger partial charge in [-0.1, -0.05) is 6.07 Å². The Kier molecular flexibility index (Phi) is 3.58. The maximum Gasteiger partial charge on any atom is 0.354 e. The molecule has 1 aliphatic rings. The normalized spacial score (nSPS) is 19.2. The highest BCUT2D eigenvalue weighted by Gasteiger charge is 2.18. The van der Waals surface area contributed by atoms with Crippen molar-refractivity contribution in [2.75, 3.05) is 25.1 Å². The molecule has 0 saturated carbocycles. The molecule has 1 aliphatic heterocycles. The second kappa shape index (κ2) is 5.14. The summed E-state index contributed by atoms with van der Waals surface area (Å²) in [7, 11) is 1.90. The lowest BCUT2D eigenvalue weighted by atomic mass is 10.2. The van der Waals surface area contributed by atoms with E-state index in [0.717, 1.165) is 26.0 Å². The average molecular weight is 236 g/mol. The molecule has 1 fully saturated rings. The molecule has 0 radical (unpaired) electrons. The molecule has 0 amide bonds. The minimum absolute atomic E-state index is 0.0710. The highest BCUT2D eigenvalue weighted by Crippen LogP contribution is 2.16. The molecule has 1 aromatic rings. The van der Waals surface area contributed by atoms with Crippen LogP contribution >= 0.6 is 0 Å². The fourth-order valence-corrected chi connectivity index (χ4v) is 1.94. The molecule has 5 heteroatoms. The minimum atomic E-state index is -1.00. The van der Waals surface area contributed by atoms with Crippen molar-refractivity contribution in [3.05, 3.63) is 23.9 Å². The smallest absolute Gasteiger partial charge is 0.354 e. The molecular formula is C12H16N2O3. The molecule has 5 nitrogen and oxygen atoms in total. The number of pyridine rings is 1. The number of aromatic carboxylic acids is 1. The van der Waals surface area contributed by atoms with Crippen LogP contribution in [0.4, 0.5) is 5.82 Å². The van der Waals surface area contributed by atoms with Crippen LogP contribution in [0.5, 0.6) is 0 Å². The summed E-state index contributed by atoms with van der Waals surface area (Å²) in [4.78, 5) is 16.8. The highest BCUT2D eigenvalue weighted by molar-refractivity contribution is 5.85. The summed E-state index contributed by atoms with van der Waals surface area (Å²) >= 11 is 0. The zero-order valence-corrected chi connectivity index (χ0v) is 9.80. The molecular weight excluding hydrogens is 220 g/mol. The number of aromatic nitrogens is 1. The quantitative estimate of drug-likeness (QED) is 0.856. The average Bonchev–Trinajstić information content (AvgIpc) is 2.82. The molecule has 0 spiro atoms. The Morgan fingerprint density at radius 1 is 1.65 bits per heavy atom. The van der Waals surface area contributed by atoms with E-state index in [0.29, 0.717) is 5.82 Å². The number of carboxylic acids is 1. The van der Waals surface area contributed by atoms with Crippen LogP contribution in [0.2, 0.25) is 0 Å². The van der Waals surface area contributed by atoms with Gasteiger partial charge in [0, 0.05) is 20.2 Å². The summed E-state index contributed by atoms with van der Waals surface area (Å²) in [6.45, 7) is 1.57. The number of hydrogen-bond acceptors (Lipinski definition) is 4. The lowest BCUT2D eigenvalue weighted by Gasteiger charge is -2.21. The molecule has 1 saturated heterocycles. The predicted molar refractivity (Wildman–Crippen MR) is 63.4 cm³/mol. The topological polar surface area (TPSA) is 62.7 Å². The minimum Gasteiger partial charge on any atom is -0.477 e. The van der Waals surface area contributed by atoms with Gasteiger partial charge < -0.3 is 14.7 Å². The largest absolute Gasteiger partial charge is 0.477 e. The first kappa shape index (κ1) is 11.9. The Morgan fingerprint density at radius 2 is 2.47 bits per heavy atom. The maximum absolute atomic E-state index is 10.8. The number of carboxylic acid groups (broad SMARTS) is 1. The van der Waals surface area contributed by atoms with Crippen molar-refractivity contribution in [1.82, 2.24) is 4.98 Å². The van der Waals surface area contributed by atoms with Crippen molar-refractivity contribution in [2.24, 2.45) is 0 Å². The first-order valence-electron chi connectivity index (χ1n) is 5.70. The van der Waals surface area contributed by atoms with Crippen LogP contribution in [0.15, 0.2) is 18.2 Å². The summed E-state index contributed by atoms with van der Waals surface area (Å²) in [6.07, 6.45) is 2.39. The third-order valence-electron chi connectivity index (χ3n) is 2.85. The maximum atomic E-state index is 10.8. The van der Waals surface area contributed by atoms with Gasteiger partial charge in [-0.05, 0) is 25.0 Å². The molecule has 1 aromatic heterocycles. The number of likely N-dealkylation sites (N-methyl/N-ethyl adjacent to an activating group) is 1. The van der Waals surface area contributed by atoms with Crippen molar-refractivity contribution in [1.29, 1.82) is 0 Å². The molecule has 92 valence electrons. The van der Waals surface area contributed by atoms with Gasteiger partial charge in [0.15, 0.2) is 5.69 Å².